The molecule has 0 saturated carbocycles. The van der Waals surface area contributed by atoms with E-state index >= 15 is 0 Å². The number of benzene rings is 1. The second-order valence-corrected chi connectivity index (χ2v) is 3.70. The first-order valence-corrected chi connectivity index (χ1v) is 5.31. The van der Waals surface area contributed by atoms with Gasteiger partial charge in [0.25, 0.3) is 0 Å². The quantitative estimate of drug-likeness (QED) is 0.850. The van der Waals surface area contributed by atoms with Crippen LogP contribution in [0.3, 0.4) is 0 Å². The van der Waals surface area contributed by atoms with Gasteiger partial charge in [0.2, 0.25) is 5.91 Å². The molecule has 16 heavy (non-hydrogen) atoms. The zero-order valence-electron chi connectivity index (χ0n) is 8.91. The Bertz CT molecular complexity index is 314. The van der Waals surface area contributed by atoms with Gasteiger partial charge in [-0.15, -0.1) is 12.4 Å². The lowest BCUT2D eigenvalue weighted by Gasteiger charge is -2.04. The van der Waals surface area contributed by atoms with Gasteiger partial charge in [-0.25, -0.2) is 0 Å². The summed E-state index contributed by atoms with van der Waals surface area (Å²) in [4.78, 5) is 11.1. The first-order chi connectivity index (χ1) is 7.22. The van der Waals surface area contributed by atoms with Gasteiger partial charge >= 0.3 is 0 Å². The maximum absolute atomic E-state index is 11.1. The number of nitrogens with two attached hydrogens (primary N) is 1. The van der Waals surface area contributed by atoms with Gasteiger partial charge in [0.1, 0.15) is 0 Å². The SMILES string of the molecule is Cl.NCCC(=O)NCCc1ccc(Cl)cc1. The molecular formula is C11H16Cl2N2O. The Morgan fingerprint density at radius 1 is 1.31 bits per heavy atom. The van der Waals surface area contributed by atoms with Crippen LogP contribution in [0.2, 0.25) is 5.02 Å². The molecule has 5 heteroatoms. The minimum absolute atomic E-state index is 0. The highest BCUT2D eigenvalue weighted by Crippen LogP contribution is 2.09. The van der Waals surface area contributed by atoms with E-state index in [1.807, 2.05) is 24.3 Å². The predicted octanol–water partition coefficient (Wildman–Crippen LogP) is 1.77. The Labute approximate surface area is 107 Å². The highest BCUT2D eigenvalue weighted by Gasteiger charge is 1.98. The Balaban J connectivity index is 0.00000225. The first kappa shape index (κ1) is 15.2. The van der Waals surface area contributed by atoms with Crippen molar-refractivity contribution < 1.29 is 4.79 Å². The summed E-state index contributed by atoms with van der Waals surface area (Å²) in [6, 6.07) is 7.60. The summed E-state index contributed by atoms with van der Waals surface area (Å²) in [6.45, 7) is 1.03. The maximum Gasteiger partial charge on any atom is 0.221 e. The molecule has 1 aromatic carbocycles. The van der Waals surface area contributed by atoms with Crippen LogP contribution in [-0.4, -0.2) is 19.0 Å². The molecule has 1 aromatic rings. The van der Waals surface area contributed by atoms with Crippen molar-refractivity contribution in [2.24, 2.45) is 5.73 Å². The third kappa shape index (κ3) is 5.95. The highest BCUT2D eigenvalue weighted by molar-refractivity contribution is 6.30. The van der Waals surface area contributed by atoms with Crippen LogP contribution in [0.5, 0.6) is 0 Å². The molecule has 0 heterocycles. The minimum atomic E-state index is 0. The molecule has 0 aliphatic rings. The smallest absolute Gasteiger partial charge is 0.221 e. The third-order valence-corrected chi connectivity index (χ3v) is 2.27. The van der Waals surface area contributed by atoms with Crippen LogP contribution in [0.15, 0.2) is 24.3 Å². The van der Waals surface area contributed by atoms with Gasteiger partial charge < -0.3 is 11.1 Å². The van der Waals surface area contributed by atoms with Crippen molar-refractivity contribution in [3.05, 3.63) is 34.9 Å². The molecule has 0 aromatic heterocycles. The van der Waals surface area contributed by atoms with Crippen LogP contribution in [0.4, 0.5) is 0 Å². The molecule has 0 bridgehead atoms. The van der Waals surface area contributed by atoms with E-state index in [0.717, 1.165) is 17.0 Å². The van der Waals surface area contributed by atoms with Gasteiger partial charge in [-0.2, -0.15) is 0 Å². The first-order valence-electron chi connectivity index (χ1n) is 4.93. The normalized spacial score (nSPS) is 9.38. The Kier molecular flexibility index (Phi) is 7.99. The van der Waals surface area contributed by atoms with E-state index in [0.29, 0.717) is 19.5 Å². The van der Waals surface area contributed by atoms with E-state index in [-0.39, 0.29) is 18.3 Å². The molecule has 1 amide bonds. The number of hydrogen-bond acceptors (Lipinski definition) is 2. The van der Waals surface area contributed by atoms with Crippen LogP contribution in [0.1, 0.15) is 12.0 Å². The summed E-state index contributed by atoms with van der Waals surface area (Å²) in [5.41, 5.74) is 6.41. The average molecular weight is 263 g/mol. The van der Waals surface area contributed by atoms with Crippen LogP contribution in [0.25, 0.3) is 0 Å². The second-order valence-electron chi connectivity index (χ2n) is 3.27. The molecule has 90 valence electrons. The van der Waals surface area contributed by atoms with E-state index in [1.54, 1.807) is 0 Å². The van der Waals surface area contributed by atoms with E-state index in [2.05, 4.69) is 5.32 Å². The number of carbonyl (C=O) groups is 1. The molecule has 0 fully saturated rings. The molecule has 0 aliphatic heterocycles. The van der Waals surface area contributed by atoms with Crippen LogP contribution in [0, 0.1) is 0 Å². The van der Waals surface area contributed by atoms with Crippen molar-refractivity contribution in [2.75, 3.05) is 13.1 Å². The van der Waals surface area contributed by atoms with Crippen molar-refractivity contribution >= 4 is 29.9 Å². The molecular weight excluding hydrogens is 247 g/mol. The van der Waals surface area contributed by atoms with Gasteiger partial charge in [0.15, 0.2) is 0 Å². The fourth-order valence-electron chi connectivity index (χ4n) is 1.22. The lowest BCUT2D eigenvalue weighted by Crippen LogP contribution is -2.27. The van der Waals surface area contributed by atoms with Crippen LogP contribution < -0.4 is 11.1 Å². The summed E-state index contributed by atoms with van der Waals surface area (Å²) >= 11 is 5.75. The molecule has 0 saturated heterocycles. The standard InChI is InChI=1S/C11H15ClN2O.ClH/c12-10-3-1-9(2-4-10)6-8-14-11(15)5-7-13;/h1-4H,5-8,13H2,(H,14,15);1H. The van der Waals surface area contributed by atoms with Crippen molar-refractivity contribution in [1.82, 2.24) is 5.32 Å². The van der Waals surface area contributed by atoms with Gasteiger partial charge in [-0.3, -0.25) is 4.79 Å². The van der Waals surface area contributed by atoms with Gasteiger partial charge in [-0.1, -0.05) is 23.7 Å². The zero-order chi connectivity index (χ0) is 11.1. The van der Waals surface area contributed by atoms with Crippen LogP contribution in [-0.2, 0) is 11.2 Å². The lowest BCUT2D eigenvalue weighted by atomic mass is 10.1. The molecule has 0 spiro atoms. The molecule has 0 aliphatic carbocycles. The second kappa shape index (κ2) is 8.39. The fraction of sp³-hybridized carbons (Fsp3) is 0.364. The van der Waals surface area contributed by atoms with Gasteiger partial charge in [0.05, 0.1) is 0 Å². The average Bonchev–Trinajstić information content (AvgIpc) is 2.21. The maximum atomic E-state index is 11.1. The number of hydrogen-bond donors (Lipinski definition) is 2. The van der Waals surface area contributed by atoms with E-state index < -0.39 is 0 Å². The van der Waals surface area contributed by atoms with Crippen molar-refractivity contribution in [3.63, 3.8) is 0 Å². The Morgan fingerprint density at radius 2 is 1.94 bits per heavy atom. The number of amides is 1. The highest BCUT2D eigenvalue weighted by atomic mass is 35.5. The summed E-state index contributed by atoms with van der Waals surface area (Å²) in [7, 11) is 0. The fourth-order valence-corrected chi connectivity index (χ4v) is 1.34. The molecule has 3 N–H and O–H groups in total. The zero-order valence-corrected chi connectivity index (χ0v) is 10.5. The lowest BCUT2D eigenvalue weighted by molar-refractivity contribution is -0.120. The van der Waals surface area contributed by atoms with Crippen molar-refractivity contribution in [1.29, 1.82) is 0 Å². The molecule has 3 nitrogen and oxygen atoms in total. The number of halogens is 2. The Morgan fingerprint density at radius 3 is 2.50 bits per heavy atom. The Hall–Kier alpha value is -0.770. The number of rotatable bonds is 5. The topological polar surface area (TPSA) is 55.1 Å². The monoisotopic (exact) mass is 262 g/mol. The van der Waals surface area contributed by atoms with Gasteiger partial charge in [0, 0.05) is 24.5 Å². The number of nitrogens with one attached hydrogen (secondary N) is 1. The summed E-state index contributed by atoms with van der Waals surface area (Å²) in [5.74, 6) is 0.00598. The van der Waals surface area contributed by atoms with Gasteiger partial charge in [-0.05, 0) is 24.1 Å². The summed E-state index contributed by atoms with van der Waals surface area (Å²) in [6.07, 6.45) is 1.20. The molecule has 0 unspecified atom stereocenters. The molecule has 1 rings (SSSR count). The van der Waals surface area contributed by atoms with E-state index in [9.17, 15) is 4.79 Å². The van der Waals surface area contributed by atoms with Crippen molar-refractivity contribution in [2.45, 2.75) is 12.8 Å². The van der Waals surface area contributed by atoms with Crippen LogP contribution >= 0.6 is 24.0 Å². The van der Waals surface area contributed by atoms with E-state index in [4.69, 9.17) is 17.3 Å². The summed E-state index contributed by atoms with van der Waals surface area (Å²) in [5, 5.41) is 3.52. The number of carbonyl (C=O) groups excluding carboxylic acids is 1. The predicted molar refractivity (Wildman–Crippen MR) is 69.1 cm³/mol. The third-order valence-electron chi connectivity index (χ3n) is 2.02. The van der Waals surface area contributed by atoms with E-state index in [1.165, 1.54) is 0 Å². The largest absolute Gasteiger partial charge is 0.356 e. The molecule has 0 atom stereocenters. The summed E-state index contributed by atoms with van der Waals surface area (Å²) < 4.78 is 0. The minimum Gasteiger partial charge on any atom is -0.356 e. The van der Waals surface area contributed by atoms with Crippen molar-refractivity contribution in [3.8, 4) is 0 Å². The molecule has 0 radical (unpaired) electrons.